The summed E-state index contributed by atoms with van der Waals surface area (Å²) in [5.41, 5.74) is 6.74. The number of halogens is 2. The Bertz CT molecular complexity index is 806. The van der Waals surface area contributed by atoms with Crippen LogP contribution in [0, 0.1) is 11.6 Å². The van der Waals surface area contributed by atoms with Gasteiger partial charge in [0.1, 0.15) is 11.4 Å². The average molecular weight is 332 g/mol. The lowest BCUT2D eigenvalue weighted by molar-refractivity contribution is 0.0620. The van der Waals surface area contributed by atoms with Gasteiger partial charge in [-0.25, -0.2) is 8.78 Å². The van der Waals surface area contributed by atoms with Crippen molar-refractivity contribution in [2.45, 2.75) is 31.9 Å². The summed E-state index contributed by atoms with van der Waals surface area (Å²) >= 11 is 0. The van der Waals surface area contributed by atoms with Gasteiger partial charge in [0.25, 0.3) is 5.91 Å². The first kappa shape index (κ1) is 16.2. The first-order valence-electron chi connectivity index (χ1n) is 7.59. The van der Waals surface area contributed by atoms with Crippen molar-refractivity contribution in [3.63, 3.8) is 0 Å². The van der Waals surface area contributed by atoms with Crippen LogP contribution in [0.1, 0.15) is 42.2 Å². The zero-order valence-electron chi connectivity index (χ0n) is 13.4. The molecule has 1 amide bonds. The lowest BCUT2D eigenvalue weighted by Crippen LogP contribution is -2.41. The van der Waals surface area contributed by atoms with E-state index in [1.54, 1.807) is 18.2 Å². The number of amides is 1. The van der Waals surface area contributed by atoms with Gasteiger partial charge in [-0.1, -0.05) is 0 Å². The highest BCUT2D eigenvalue weighted by molar-refractivity contribution is 5.94. The van der Waals surface area contributed by atoms with Gasteiger partial charge >= 0.3 is 0 Å². The van der Waals surface area contributed by atoms with Gasteiger partial charge in [0.05, 0.1) is 6.04 Å². The highest BCUT2D eigenvalue weighted by Gasteiger charge is 2.34. The maximum absolute atomic E-state index is 13.3. The van der Waals surface area contributed by atoms with Crippen LogP contribution >= 0.6 is 0 Å². The monoisotopic (exact) mass is 332 g/mol. The van der Waals surface area contributed by atoms with E-state index >= 15 is 0 Å². The molecule has 0 saturated heterocycles. The Morgan fingerprint density at radius 2 is 1.96 bits per heavy atom. The second kappa shape index (κ2) is 5.78. The van der Waals surface area contributed by atoms with Crippen LogP contribution in [0.2, 0.25) is 0 Å². The minimum absolute atomic E-state index is 0.0589. The average Bonchev–Trinajstić information content (AvgIpc) is 2.50. The summed E-state index contributed by atoms with van der Waals surface area (Å²) < 4.78 is 32.3. The first-order chi connectivity index (χ1) is 11.2. The zero-order valence-corrected chi connectivity index (χ0v) is 13.4. The summed E-state index contributed by atoms with van der Waals surface area (Å²) in [7, 11) is 0. The summed E-state index contributed by atoms with van der Waals surface area (Å²) in [6, 6.07) is 7.98. The highest BCUT2D eigenvalue weighted by atomic mass is 19.2. The number of nitrogens with one attached hydrogen (secondary N) is 1. The number of benzene rings is 2. The Morgan fingerprint density at radius 1 is 1.21 bits per heavy atom. The third-order valence-electron chi connectivity index (χ3n) is 3.98. The number of fused-ring (bicyclic) bond motifs is 1. The SMILES string of the molecule is CC1(C)CC(NC(=O)c2ccc(F)c(F)c2)c2cc(N)ccc2O1. The van der Waals surface area contributed by atoms with Crippen LogP contribution in [0.3, 0.4) is 0 Å². The molecular formula is C18H18F2N2O2. The molecule has 126 valence electrons. The number of nitrogens with two attached hydrogens (primary N) is 1. The van der Waals surface area contributed by atoms with Crippen molar-refractivity contribution in [3.05, 3.63) is 59.2 Å². The Morgan fingerprint density at radius 3 is 2.67 bits per heavy atom. The number of carbonyl (C=O) groups is 1. The molecule has 0 fully saturated rings. The Hall–Kier alpha value is -2.63. The van der Waals surface area contributed by atoms with Crippen LogP contribution < -0.4 is 15.8 Å². The maximum Gasteiger partial charge on any atom is 0.251 e. The minimum atomic E-state index is -1.06. The number of ether oxygens (including phenoxy) is 1. The van der Waals surface area contributed by atoms with Crippen molar-refractivity contribution in [1.82, 2.24) is 5.32 Å². The molecule has 1 unspecified atom stereocenters. The van der Waals surface area contributed by atoms with Gasteiger partial charge in [-0.3, -0.25) is 4.79 Å². The fourth-order valence-electron chi connectivity index (χ4n) is 2.88. The molecule has 0 aromatic heterocycles. The van der Waals surface area contributed by atoms with Crippen molar-refractivity contribution in [2.75, 3.05) is 5.73 Å². The lowest BCUT2D eigenvalue weighted by Gasteiger charge is -2.38. The number of hydrogen-bond donors (Lipinski definition) is 2. The number of nitrogen functional groups attached to an aromatic ring is 1. The summed E-state index contributed by atoms with van der Waals surface area (Å²) in [6.45, 7) is 3.84. The van der Waals surface area contributed by atoms with Crippen LogP contribution in [0.25, 0.3) is 0 Å². The topological polar surface area (TPSA) is 64.4 Å². The Kier molecular flexibility index (Phi) is 3.91. The van der Waals surface area contributed by atoms with E-state index in [0.29, 0.717) is 17.9 Å². The van der Waals surface area contributed by atoms with Crippen LogP contribution in [0.15, 0.2) is 36.4 Å². The van der Waals surface area contributed by atoms with Crippen molar-refractivity contribution < 1.29 is 18.3 Å². The van der Waals surface area contributed by atoms with Crippen LogP contribution in [-0.4, -0.2) is 11.5 Å². The fourth-order valence-corrected chi connectivity index (χ4v) is 2.88. The Labute approximate surface area is 138 Å². The smallest absolute Gasteiger partial charge is 0.251 e. The molecule has 2 aromatic carbocycles. The van der Waals surface area contributed by atoms with E-state index < -0.39 is 23.1 Å². The van der Waals surface area contributed by atoms with E-state index in [2.05, 4.69) is 5.32 Å². The van der Waals surface area contributed by atoms with Crippen LogP contribution in [0.4, 0.5) is 14.5 Å². The van der Waals surface area contributed by atoms with Gasteiger partial charge in [-0.15, -0.1) is 0 Å². The number of carbonyl (C=O) groups excluding carboxylic acids is 1. The van der Waals surface area contributed by atoms with Crippen LogP contribution in [-0.2, 0) is 0 Å². The molecule has 2 aromatic rings. The van der Waals surface area contributed by atoms with E-state index in [4.69, 9.17) is 10.5 Å². The lowest BCUT2D eigenvalue weighted by atomic mass is 9.89. The van der Waals surface area contributed by atoms with Gasteiger partial charge in [-0.05, 0) is 50.2 Å². The zero-order chi connectivity index (χ0) is 17.5. The summed E-state index contributed by atoms with van der Waals surface area (Å²) in [5, 5.41) is 2.86. The molecule has 1 aliphatic heterocycles. The van der Waals surface area contributed by atoms with Gasteiger partial charge in [0.2, 0.25) is 0 Å². The van der Waals surface area contributed by atoms with E-state index in [9.17, 15) is 13.6 Å². The van der Waals surface area contributed by atoms with Crippen LogP contribution in [0.5, 0.6) is 5.75 Å². The second-order valence-corrected chi connectivity index (χ2v) is 6.52. The molecular weight excluding hydrogens is 314 g/mol. The predicted octanol–water partition coefficient (Wildman–Crippen LogP) is 3.58. The van der Waals surface area contributed by atoms with Gasteiger partial charge in [0, 0.05) is 23.2 Å². The second-order valence-electron chi connectivity index (χ2n) is 6.52. The molecule has 3 N–H and O–H groups in total. The molecule has 3 rings (SSSR count). The maximum atomic E-state index is 13.3. The predicted molar refractivity (Wildman–Crippen MR) is 86.7 cm³/mol. The van der Waals surface area contributed by atoms with Crippen molar-refractivity contribution in [2.24, 2.45) is 0 Å². The van der Waals surface area contributed by atoms with Crippen molar-refractivity contribution >= 4 is 11.6 Å². The van der Waals surface area contributed by atoms with E-state index in [-0.39, 0.29) is 11.6 Å². The third kappa shape index (κ3) is 3.18. The largest absolute Gasteiger partial charge is 0.487 e. The number of hydrogen-bond acceptors (Lipinski definition) is 3. The summed E-state index contributed by atoms with van der Waals surface area (Å²) in [6.07, 6.45) is 0.527. The van der Waals surface area contributed by atoms with Crippen molar-refractivity contribution in [1.29, 1.82) is 0 Å². The number of anilines is 1. The molecule has 4 nitrogen and oxygen atoms in total. The van der Waals surface area contributed by atoms with E-state index in [0.717, 1.165) is 17.7 Å². The minimum Gasteiger partial charge on any atom is -0.487 e. The van der Waals surface area contributed by atoms with Crippen molar-refractivity contribution in [3.8, 4) is 5.75 Å². The highest BCUT2D eigenvalue weighted by Crippen LogP contribution is 2.40. The van der Waals surface area contributed by atoms with Gasteiger partial charge < -0.3 is 15.8 Å². The Balaban J connectivity index is 1.90. The molecule has 0 aliphatic carbocycles. The van der Waals surface area contributed by atoms with Gasteiger partial charge in [0.15, 0.2) is 11.6 Å². The normalized spacial score (nSPS) is 18.4. The molecule has 0 saturated carbocycles. The summed E-state index contributed by atoms with van der Waals surface area (Å²) in [4.78, 5) is 12.4. The molecule has 0 bridgehead atoms. The van der Waals surface area contributed by atoms with E-state index in [1.165, 1.54) is 6.07 Å². The summed E-state index contributed by atoms with van der Waals surface area (Å²) in [5.74, 6) is -1.88. The number of rotatable bonds is 2. The van der Waals surface area contributed by atoms with Gasteiger partial charge in [-0.2, -0.15) is 0 Å². The molecule has 1 aliphatic rings. The first-order valence-corrected chi connectivity index (χ1v) is 7.59. The molecule has 6 heteroatoms. The molecule has 24 heavy (non-hydrogen) atoms. The third-order valence-corrected chi connectivity index (χ3v) is 3.98. The molecule has 1 heterocycles. The molecule has 0 radical (unpaired) electrons. The van der Waals surface area contributed by atoms with E-state index in [1.807, 2.05) is 13.8 Å². The standard InChI is InChI=1S/C18H18F2N2O2/c1-18(2)9-15(12-8-11(21)4-6-16(12)24-18)22-17(23)10-3-5-13(19)14(20)7-10/h3-8,15H,9,21H2,1-2H3,(H,22,23). The quantitative estimate of drug-likeness (QED) is 0.826. The molecule has 1 atom stereocenters. The fraction of sp³-hybridized carbons (Fsp3) is 0.278. The molecule has 0 spiro atoms.